The number of aliphatic hydroxyl groups excluding tert-OH is 2. The van der Waals surface area contributed by atoms with E-state index in [-0.39, 0.29) is 69.6 Å². The van der Waals surface area contributed by atoms with Crippen LogP contribution in [-0.4, -0.2) is 71.1 Å². The number of rotatable bonds is 21. The Morgan fingerprint density at radius 1 is 0.896 bits per heavy atom. The van der Waals surface area contributed by atoms with E-state index in [9.17, 15) is 15.0 Å². The molecule has 5 aromatic rings. The number of hydrogen-bond donors (Lipinski definition) is 2. The van der Waals surface area contributed by atoms with E-state index in [1.807, 2.05) is 78.9 Å². The molecule has 1 amide bonds. The van der Waals surface area contributed by atoms with Crippen LogP contribution >= 0.6 is 11.6 Å². The summed E-state index contributed by atoms with van der Waals surface area (Å²) >= 11 is 6.20. The predicted molar refractivity (Wildman–Crippen MR) is 264 cm³/mol. The summed E-state index contributed by atoms with van der Waals surface area (Å²) in [6.07, 6.45) is 8.28. The number of hydrogen-bond acceptors (Lipinski definition) is 9. The molecule has 5 aromatic carbocycles. The molecule has 0 spiro atoms. The maximum atomic E-state index is 14.9. The van der Waals surface area contributed by atoms with Crippen LogP contribution in [0.1, 0.15) is 78.7 Å². The average molecular weight is 928 g/mol. The lowest BCUT2D eigenvalue weighted by molar-refractivity contribution is -0.256. The minimum absolute atomic E-state index is 0.00737. The standard InChI is InChI=1S/C56H63ClN2O8/c1-4-30-64-56-52(59(55(62)63-31-27-57)36-43-20-14-19-41-17-8-9-21-46(41)43)35-50(58-65-37-40-15-6-5-7-16-40)48-33-42(18-10-12-28-60)47(22-11-13-29-61)53(54(48)56)49-34-45(25-26-51(49)67-56)66-44-24-23-38(2)39(3)32-44/h4-9,14-17,19-21,23-26,32-34,42,47,52-54,60-61H,1,10-13,18,22,27-31,35-37H2,2-3H3/t42-,47+,52-,53+,54+,56+/m0/s1. The number of carbonyl (C=O) groups is 1. The molecular weight excluding hydrogens is 864 g/mol. The van der Waals surface area contributed by atoms with Gasteiger partial charge in [0.05, 0.1) is 30.7 Å². The fraction of sp³-hybridized carbons (Fsp3) is 0.393. The maximum Gasteiger partial charge on any atom is 0.410 e. The molecule has 352 valence electrons. The molecule has 1 fully saturated rings. The molecule has 1 saturated carbocycles. The highest BCUT2D eigenvalue weighted by atomic mass is 35.5. The van der Waals surface area contributed by atoms with Gasteiger partial charge in [0.15, 0.2) is 0 Å². The number of oxime groups is 1. The van der Waals surface area contributed by atoms with Crippen molar-refractivity contribution in [1.82, 2.24) is 4.90 Å². The van der Waals surface area contributed by atoms with Crippen molar-refractivity contribution in [2.75, 3.05) is 32.3 Å². The zero-order valence-corrected chi connectivity index (χ0v) is 39.4. The Morgan fingerprint density at radius 2 is 1.64 bits per heavy atom. The van der Waals surface area contributed by atoms with E-state index in [1.54, 1.807) is 11.0 Å². The molecule has 6 atom stereocenters. The fourth-order valence-electron chi connectivity index (χ4n) is 10.5. The van der Waals surface area contributed by atoms with Gasteiger partial charge in [0.2, 0.25) is 5.79 Å². The fourth-order valence-corrected chi connectivity index (χ4v) is 10.6. The summed E-state index contributed by atoms with van der Waals surface area (Å²) in [6.45, 7) is 8.99. The largest absolute Gasteiger partial charge is 0.459 e. The number of benzene rings is 5. The minimum Gasteiger partial charge on any atom is -0.459 e. The van der Waals surface area contributed by atoms with Crippen LogP contribution < -0.4 is 9.47 Å². The van der Waals surface area contributed by atoms with Gasteiger partial charge in [-0.3, -0.25) is 4.90 Å². The number of carbonyl (C=O) groups excluding carboxylic acids is 1. The Hall–Kier alpha value is -5.65. The Balaban J connectivity index is 1.35. The number of halogens is 1. The first-order valence-corrected chi connectivity index (χ1v) is 24.3. The van der Waals surface area contributed by atoms with Crippen LogP contribution in [0.2, 0.25) is 0 Å². The van der Waals surface area contributed by atoms with Gasteiger partial charge in [-0.1, -0.05) is 109 Å². The van der Waals surface area contributed by atoms with E-state index in [2.05, 4.69) is 56.8 Å². The molecule has 1 heterocycles. The number of aliphatic hydroxyl groups is 2. The van der Waals surface area contributed by atoms with Crippen molar-refractivity contribution in [3.63, 3.8) is 0 Å². The summed E-state index contributed by atoms with van der Waals surface area (Å²) in [6, 6.07) is 35.5. The first-order chi connectivity index (χ1) is 32.8. The van der Waals surface area contributed by atoms with Crippen molar-refractivity contribution < 1.29 is 38.8 Å². The Bertz CT molecular complexity index is 2540. The SMILES string of the molecule is C=CCO[C@@]12Oc3ccc(Oc4ccc(C)c(C)c4)cc3[C@H]3[C@H](CCCCO)[C@@H](CCCCO)C=C(C(=NOCc4ccccc4)C[C@@H]1N(Cc1cccc4ccccc14)C(=O)OCCCl)[C@H]32. The number of amides is 1. The monoisotopic (exact) mass is 926 g/mol. The van der Waals surface area contributed by atoms with E-state index in [1.165, 1.54) is 5.56 Å². The van der Waals surface area contributed by atoms with E-state index in [0.717, 1.165) is 70.0 Å². The second-order valence-corrected chi connectivity index (χ2v) is 18.3. The number of unbranched alkanes of at least 4 members (excludes halogenated alkanes) is 2. The molecule has 0 saturated heterocycles. The van der Waals surface area contributed by atoms with Gasteiger partial charge in [-0.2, -0.15) is 0 Å². The minimum atomic E-state index is -1.48. The lowest BCUT2D eigenvalue weighted by atomic mass is 9.55. The molecule has 3 aliphatic rings. The molecular formula is C56H63ClN2O8. The van der Waals surface area contributed by atoms with Crippen molar-refractivity contribution in [2.24, 2.45) is 22.9 Å². The van der Waals surface area contributed by atoms with Gasteiger partial charge in [0.25, 0.3) is 0 Å². The molecule has 8 rings (SSSR count). The predicted octanol–water partition coefficient (Wildman–Crippen LogP) is 12.0. The molecule has 2 N–H and O–H groups in total. The Labute approximate surface area is 399 Å². The lowest BCUT2D eigenvalue weighted by Gasteiger charge is -2.59. The number of aryl methyl sites for hydroxylation is 2. The van der Waals surface area contributed by atoms with Gasteiger partial charge in [-0.05, 0) is 120 Å². The highest BCUT2D eigenvalue weighted by Crippen LogP contribution is 2.62. The number of allylic oxidation sites excluding steroid dienone is 1. The maximum absolute atomic E-state index is 14.9. The van der Waals surface area contributed by atoms with Crippen LogP contribution in [0.3, 0.4) is 0 Å². The van der Waals surface area contributed by atoms with Crippen molar-refractivity contribution >= 4 is 34.2 Å². The van der Waals surface area contributed by atoms with E-state index in [0.29, 0.717) is 30.1 Å². The van der Waals surface area contributed by atoms with Crippen LogP contribution in [0.5, 0.6) is 17.2 Å². The van der Waals surface area contributed by atoms with E-state index >= 15 is 0 Å². The van der Waals surface area contributed by atoms with Crippen LogP contribution in [0.4, 0.5) is 4.79 Å². The molecule has 67 heavy (non-hydrogen) atoms. The first kappa shape index (κ1) is 47.8. The summed E-state index contributed by atoms with van der Waals surface area (Å²) in [7, 11) is 0. The molecule has 0 unspecified atom stereocenters. The summed E-state index contributed by atoms with van der Waals surface area (Å²) < 4.78 is 27.3. The van der Waals surface area contributed by atoms with Gasteiger partial charge in [0, 0.05) is 31.1 Å². The second-order valence-electron chi connectivity index (χ2n) is 17.9. The van der Waals surface area contributed by atoms with Crippen LogP contribution in [0, 0.1) is 31.6 Å². The molecule has 0 bridgehead atoms. The van der Waals surface area contributed by atoms with E-state index in [4.69, 9.17) is 40.5 Å². The zero-order chi connectivity index (χ0) is 46.8. The number of alkyl halides is 1. The topological polar surface area (TPSA) is 119 Å². The van der Waals surface area contributed by atoms with E-state index < -0.39 is 23.8 Å². The van der Waals surface area contributed by atoms with Crippen LogP contribution in [0.25, 0.3) is 10.8 Å². The van der Waals surface area contributed by atoms with Crippen molar-refractivity contribution in [1.29, 1.82) is 0 Å². The molecule has 11 heteroatoms. The zero-order valence-electron chi connectivity index (χ0n) is 38.7. The smallest absolute Gasteiger partial charge is 0.410 e. The summed E-state index contributed by atoms with van der Waals surface area (Å²) in [4.78, 5) is 22.9. The second kappa shape index (κ2) is 22.4. The average Bonchev–Trinajstić information content (AvgIpc) is 3.34. The molecule has 10 nitrogen and oxygen atoms in total. The van der Waals surface area contributed by atoms with Crippen molar-refractivity contribution in [3.8, 4) is 17.2 Å². The van der Waals surface area contributed by atoms with Crippen molar-refractivity contribution in [2.45, 2.75) is 89.7 Å². The summed E-state index contributed by atoms with van der Waals surface area (Å²) in [5.41, 5.74) is 6.81. The van der Waals surface area contributed by atoms with Crippen LogP contribution in [0.15, 0.2) is 139 Å². The Kier molecular flexibility index (Phi) is 16.0. The highest BCUT2D eigenvalue weighted by Gasteiger charge is 2.65. The third kappa shape index (κ3) is 10.6. The quantitative estimate of drug-likeness (QED) is 0.0323. The number of nitrogens with zero attached hydrogens (tertiary/aromatic N) is 2. The Morgan fingerprint density at radius 3 is 2.42 bits per heavy atom. The highest BCUT2D eigenvalue weighted by molar-refractivity contribution is 6.18. The first-order valence-electron chi connectivity index (χ1n) is 23.7. The third-order valence-corrected chi connectivity index (χ3v) is 13.9. The third-order valence-electron chi connectivity index (χ3n) is 13.7. The van der Waals surface area contributed by atoms with Gasteiger partial charge >= 0.3 is 6.09 Å². The number of fused-ring (bicyclic) bond motifs is 3. The van der Waals surface area contributed by atoms with Gasteiger partial charge in [-0.15, -0.1) is 18.2 Å². The normalized spacial score (nSPS) is 22.3. The molecule has 0 radical (unpaired) electrons. The van der Waals surface area contributed by atoms with Gasteiger partial charge in [-0.25, -0.2) is 4.79 Å². The summed E-state index contributed by atoms with van der Waals surface area (Å²) in [5, 5.41) is 27.2. The summed E-state index contributed by atoms with van der Waals surface area (Å²) in [5.74, 6) is 0.00728. The van der Waals surface area contributed by atoms with Gasteiger partial charge < -0.3 is 34.0 Å². The molecule has 2 aliphatic carbocycles. The van der Waals surface area contributed by atoms with Crippen molar-refractivity contribution in [3.05, 3.63) is 161 Å². The molecule has 0 aromatic heterocycles. The molecule has 1 aliphatic heterocycles. The van der Waals surface area contributed by atoms with Crippen LogP contribution in [-0.2, 0) is 27.5 Å². The lowest BCUT2D eigenvalue weighted by Crippen LogP contribution is -2.70. The number of ether oxygens (including phenoxy) is 4. The van der Waals surface area contributed by atoms with Gasteiger partial charge in [0.1, 0.15) is 36.5 Å².